The maximum Gasteiger partial charge on any atom is 0.328 e. The lowest BCUT2D eigenvalue weighted by Gasteiger charge is -2.00. The number of aliphatic hydroxyl groups is 1. The van der Waals surface area contributed by atoms with Gasteiger partial charge in [0.2, 0.25) is 0 Å². The van der Waals surface area contributed by atoms with Crippen LogP contribution in [0.3, 0.4) is 0 Å². The summed E-state index contributed by atoms with van der Waals surface area (Å²) in [5.74, 6) is -0.914. The molecule has 0 unspecified atom stereocenters. The Hall–Kier alpha value is -1.09. The quantitative estimate of drug-likeness (QED) is 0.299. The van der Waals surface area contributed by atoms with Crippen LogP contribution in [-0.2, 0) is 4.79 Å². The highest BCUT2D eigenvalue weighted by atomic mass is 16.4. The number of carbonyl (C=O) groups is 1. The third kappa shape index (κ3) is 27.9. The van der Waals surface area contributed by atoms with Gasteiger partial charge < -0.3 is 10.2 Å². The molecule has 0 aliphatic carbocycles. The van der Waals surface area contributed by atoms with Gasteiger partial charge in [0.25, 0.3) is 0 Å². The van der Waals surface area contributed by atoms with E-state index in [2.05, 4.69) is 6.92 Å². The molecule has 0 amide bonds. The van der Waals surface area contributed by atoms with E-state index in [1.165, 1.54) is 63.9 Å². The van der Waals surface area contributed by atoms with E-state index in [-0.39, 0.29) is 0 Å². The second-order valence-corrected chi connectivity index (χ2v) is 5.13. The number of unbranched alkanes of at least 4 members (excludes halogenated alkanes) is 9. The normalized spacial score (nSPS) is 10.8. The molecule has 0 aliphatic heterocycles. The van der Waals surface area contributed by atoms with Crippen LogP contribution in [0.15, 0.2) is 24.3 Å². The molecule has 0 aromatic carbocycles. The molecule has 0 aromatic rings. The van der Waals surface area contributed by atoms with Crippen molar-refractivity contribution in [2.45, 2.75) is 78.1 Å². The van der Waals surface area contributed by atoms with E-state index in [4.69, 9.17) is 10.2 Å². The van der Waals surface area contributed by atoms with Crippen LogP contribution in [-0.4, -0.2) is 22.8 Å². The number of aliphatic carboxylic acids is 1. The van der Waals surface area contributed by atoms with Crippen molar-refractivity contribution in [1.29, 1.82) is 0 Å². The summed E-state index contributed by atoms with van der Waals surface area (Å²) in [4.78, 5) is 9.75. The molecule has 0 heterocycles. The molecule has 2 N–H and O–H groups in total. The lowest BCUT2D eigenvalue weighted by atomic mass is 10.1. The summed E-state index contributed by atoms with van der Waals surface area (Å²) >= 11 is 0. The zero-order valence-corrected chi connectivity index (χ0v) is 13.9. The molecule has 0 saturated carbocycles. The molecule has 21 heavy (non-hydrogen) atoms. The van der Waals surface area contributed by atoms with Crippen LogP contribution in [0.1, 0.15) is 78.1 Å². The molecule has 0 saturated heterocycles. The summed E-state index contributed by atoms with van der Waals surface area (Å²) in [6, 6.07) is 0. The Balaban J connectivity index is 0. The Morgan fingerprint density at radius 3 is 1.71 bits per heavy atom. The number of allylic oxidation sites excluding steroid dienone is 3. The van der Waals surface area contributed by atoms with Crippen LogP contribution in [0.25, 0.3) is 0 Å². The molecule has 124 valence electrons. The van der Waals surface area contributed by atoms with E-state index >= 15 is 0 Å². The second-order valence-electron chi connectivity index (χ2n) is 5.13. The number of hydrogen-bond donors (Lipinski definition) is 2. The van der Waals surface area contributed by atoms with Gasteiger partial charge in [-0.1, -0.05) is 82.9 Å². The molecule has 0 atom stereocenters. The zero-order chi connectivity index (χ0) is 16.2. The van der Waals surface area contributed by atoms with Gasteiger partial charge in [-0.05, 0) is 13.3 Å². The first-order valence-electron chi connectivity index (χ1n) is 8.32. The fourth-order valence-electron chi connectivity index (χ4n) is 1.85. The zero-order valence-electron chi connectivity index (χ0n) is 13.9. The minimum absolute atomic E-state index is 0.372. The molecule has 0 spiro atoms. The molecule has 0 aliphatic rings. The van der Waals surface area contributed by atoms with Crippen molar-refractivity contribution in [2.24, 2.45) is 0 Å². The van der Waals surface area contributed by atoms with Gasteiger partial charge in [0.1, 0.15) is 0 Å². The summed E-state index contributed by atoms with van der Waals surface area (Å²) in [5, 5.41) is 16.6. The van der Waals surface area contributed by atoms with E-state index in [0.29, 0.717) is 6.61 Å². The van der Waals surface area contributed by atoms with Crippen LogP contribution in [0, 0.1) is 0 Å². The van der Waals surface area contributed by atoms with Gasteiger partial charge in [-0.25, -0.2) is 4.79 Å². The summed E-state index contributed by atoms with van der Waals surface area (Å²) in [6.45, 7) is 4.46. The monoisotopic (exact) mass is 298 g/mol. The molecule has 0 rings (SSSR count). The maximum atomic E-state index is 9.75. The van der Waals surface area contributed by atoms with Crippen molar-refractivity contribution in [3.63, 3.8) is 0 Å². The van der Waals surface area contributed by atoms with Gasteiger partial charge in [-0.15, -0.1) is 0 Å². The van der Waals surface area contributed by atoms with Crippen molar-refractivity contribution >= 4 is 5.97 Å². The number of rotatable bonds is 12. The Bertz CT molecular complexity index is 247. The molecule has 3 nitrogen and oxygen atoms in total. The fraction of sp³-hybridized carbons (Fsp3) is 0.722. The van der Waals surface area contributed by atoms with Crippen LogP contribution in [0.5, 0.6) is 0 Å². The standard InChI is InChI=1S/C12H26O.C6H8O2/c1-2-3-4-5-6-7-8-9-10-11-12-13;1-2-3-4-5-6(7)8/h13H,2-12H2,1H3;2-5H,1H3,(H,7,8)/b;3-2+,5-4+. The van der Waals surface area contributed by atoms with Gasteiger partial charge in [0.05, 0.1) is 0 Å². The van der Waals surface area contributed by atoms with Crippen LogP contribution >= 0.6 is 0 Å². The first kappa shape index (κ1) is 22.2. The molecular weight excluding hydrogens is 264 g/mol. The highest BCUT2D eigenvalue weighted by Crippen LogP contribution is 2.09. The number of hydrogen-bond acceptors (Lipinski definition) is 2. The number of aliphatic hydroxyl groups excluding tert-OH is 1. The third-order valence-electron chi connectivity index (χ3n) is 3.05. The van der Waals surface area contributed by atoms with Crippen molar-refractivity contribution in [3.05, 3.63) is 24.3 Å². The van der Waals surface area contributed by atoms with E-state index in [0.717, 1.165) is 12.5 Å². The van der Waals surface area contributed by atoms with Crippen LogP contribution < -0.4 is 0 Å². The van der Waals surface area contributed by atoms with Crippen LogP contribution in [0.4, 0.5) is 0 Å². The second kappa shape index (κ2) is 21.2. The SMILES string of the molecule is C/C=C/C=C/C(=O)O.CCCCCCCCCCCCO. The summed E-state index contributed by atoms with van der Waals surface area (Å²) in [6.07, 6.45) is 19.3. The van der Waals surface area contributed by atoms with Crippen molar-refractivity contribution < 1.29 is 15.0 Å². The number of carboxylic acid groups (broad SMARTS) is 1. The minimum Gasteiger partial charge on any atom is -0.478 e. The van der Waals surface area contributed by atoms with Crippen molar-refractivity contribution in [3.8, 4) is 0 Å². The maximum absolute atomic E-state index is 9.75. The Morgan fingerprint density at radius 2 is 1.33 bits per heavy atom. The lowest BCUT2D eigenvalue weighted by Crippen LogP contribution is -1.84. The van der Waals surface area contributed by atoms with Crippen LogP contribution in [0.2, 0.25) is 0 Å². The smallest absolute Gasteiger partial charge is 0.328 e. The summed E-state index contributed by atoms with van der Waals surface area (Å²) in [5.41, 5.74) is 0. The first-order valence-corrected chi connectivity index (χ1v) is 8.32. The van der Waals surface area contributed by atoms with E-state index in [1.54, 1.807) is 12.2 Å². The Labute approximate surface area is 130 Å². The van der Waals surface area contributed by atoms with E-state index in [9.17, 15) is 4.79 Å². The fourth-order valence-corrected chi connectivity index (χ4v) is 1.85. The largest absolute Gasteiger partial charge is 0.478 e. The topological polar surface area (TPSA) is 57.5 Å². The molecule has 0 fully saturated rings. The molecule has 3 heteroatoms. The third-order valence-corrected chi connectivity index (χ3v) is 3.05. The average Bonchev–Trinajstić information content (AvgIpc) is 2.46. The van der Waals surface area contributed by atoms with Crippen molar-refractivity contribution in [1.82, 2.24) is 0 Å². The van der Waals surface area contributed by atoms with Gasteiger partial charge >= 0.3 is 5.97 Å². The Morgan fingerprint density at radius 1 is 0.857 bits per heavy atom. The predicted octanol–water partition coefficient (Wildman–Crippen LogP) is 5.10. The molecule has 0 aromatic heterocycles. The number of carboxylic acids is 1. The predicted molar refractivity (Wildman–Crippen MR) is 90.5 cm³/mol. The van der Waals surface area contributed by atoms with E-state index in [1.807, 2.05) is 6.92 Å². The van der Waals surface area contributed by atoms with Gasteiger partial charge in [-0.2, -0.15) is 0 Å². The summed E-state index contributed by atoms with van der Waals surface area (Å²) < 4.78 is 0. The van der Waals surface area contributed by atoms with Crippen molar-refractivity contribution in [2.75, 3.05) is 6.61 Å². The Kier molecular flexibility index (Phi) is 22.4. The van der Waals surface area contributed by atoms with Gasteiger partial charge in [0, 0.05) is 12.7 Å². The summed E-state index contributed by atoms with van der Waals surface area (Å²) in [7, 11) is 0. The lowest BCUT2D eigenvalue weighted by molar-refractivity contribution is -0.131. The van der Waals surface area contributed by atoms with E-state index < -0.39 is 5.97 Å². The highest BCUT2D eigenvalue weighted by Gasteiger charge is 1.91. The van der Waals surface area contributed by atoms with Gasteiger partial charge in [-0.3, -0.25) is 0 Å². The van der Waals surface area contributed by atoms with Gasteiger partial charge in [0.15, 0.2) is 0 Å². The molecular formula is C18H34O3. The first-order chi connectivity index (χ1) is 10.2. The average molecular weight is 298 g/mol. The minimum atomic E-state index is -0.914. The molecule has 0 bridgehead atoms. The molecule has 0 radical (unpaired) electrons. The highest BCUT2D eigenvalue weighted by molar-refractivity contribution is 5.80.